The second-order valence-corrected chi connectivity index (χ2v) is 13.2. The maximum atomic E-state index is 13.5. The number of hydrogen-bond donors (Lipinski definition) is 5. The molecule has 0 aromatic heterocycles. The average molecular weight is 580 g/mol. The molecule has 5 aliphatic rings. The fourth-order valence-electron chi connectivity index (χ4n) is 7.00. The molecule has 14 heteroatoms. The number of alkyl halides is 3. The third-order valence-electron chi connectivity index (χ3n) is 9.04. The number of rotatable bonds is 6. The molecule has 0 aliphatic carbocycles. The molecule has 0 radical (unpaired) electrons. The smallest absolute Gasteiger partial charge is 0.256 e. The molecule has 5 N–H and O–H groups in total. The van der Waals surface area contributed by atoms with Crippen LogP contribution in [0.3, 0.4) is 0 Å². The molecule has 0 aromatic rings. The highest BCUT2D eigenvalue weighted by atomic mass is 35.5. The minimum atomic E-state index is -2.60. The Morgan fingerprint density at radius 1 is 1.11 bits per heavy atom. The van der Waals surface area contributed by atoms with Gasteiger partial charge in [0.05, 0.1) is 29.5 Å². The van der Waals surface area contributed by atoms with E-state index in [9.17, 15) is 18.4 Å². The summed E-state index contributed by atoms with van der Waals surface area (Å²) in [6.45, 7) is 4.57. The maximum absolute atomic E-state index is 13.5. The van der Waals surface area contributed by atoms with Crippen molar-refractivity contribution >= 4 is 35.2 Å². The van der Waals surface area contributed by atoms with E-state index in [-0.39, 0.29) is 64.5 Å². The Kier molecular flexibility index (Phi) is 9.05. The van der Waals surface area contributed by atoms with E-state index in [0.717, 1.165) is 12.8 Å². The van der Waals surface area contributed by atoms with Crippen molar-refractivity contribution in [2.75, 3.05) is 46.9 Å². The third-order valence-corrected chi connectivity index (χ3v) is 10.7. The van der Waals surface area contributed by atoms with Gasteiger partial charge in [0.15, 0.2) is 0 Å². The topological polar surface area (TPSA) is 110 Å². The summed E-state index contributed by atoms with van der Waals surface area (Å²) < 4.78 is 32.9. The van der Waals surface area contributed by atoms with Gasteiger partial charge in [0.2, 0.25) is 11.8 Å². The van der Waals surface area contributed by atoms with Crippen LogP contribution in [-0.2, 0) is 14.3 Å². The maximum Gasteiger partial charge on any atom is 0.256 e. The fraction of sp³-hybridized carbons (Fsp3) is 0.917. The van der Waals surface area contributed by atoms with Gasteiger partial charge < -0.3 is 20.3 Å². The number of fused-ring (bicyclic) bond motifs is 1. The number of nitrogens with zero attached hydrogens (tertiary/aromatic N) is 2. The van der Waals surface area contributed by atoms with Crippen molar-refractivity contribution in [3.63, 3.8) is 0 Å². The summed E-state index contributed by atoms with van der Waals surface area (Å²) in [5.74, 6) is -0.854. The minimum Gasteiger partial charge on any atom is -0.380 e. The zero-order valence-corrected chi connectivity index (χ0v) is 23.6. The number of piperidine rings is 2. The van der Waals surface area contributed by atoms with Crippen LogP contribution in [-0.4, -0.2) is 116 Å². The average Bonchev–Trinajstić information content (AvgIpc) is 3.56. The monoisotopic (exact) mass is 579 g/mol. The van der Waals surface area contributed by atoms with E-state index in [1.165, 1.54) is 5.01 Å². The van der Waals surface area contributed by atoms with E-state index in [1.54, 1.807) is 30.8 Å². The largest absolute Gasteiger partial charge is 0.380 e. The van der Waals surface area contributed by atoms with Gasteiger partial charge in [-0.15, -0.1) is 23.4 Å². The highest BCUT2D eigenvalue weighted by molar-refractivity contribution is 8.00. The molecule has 2 amide bonds. The highest BCUT2D eigenvalue weighted by Crippen LogP contribution is 2.39. The molecule has 0 spiro atoms. The lowest BCUT2D eigenvalue weighted by Gasteiger charge is -2.45. The number of nitrogens with one attached hydrogen (secondary N) is 5. The molecule has 216 valence electrons. The molecule has 10 nitrogen and oxygen atoms in total. The Morgan fingerprint density at radius 3 is 2.61 bits per heavy atom. The number of carbonyl (C=O) groups excluding carboxylic acids is 2. The zero-order chi connectivity index (χ0) is 27.1. The van der Waals surface area contributed by atoms with Crippen molar-refractivity contribution in [3.8, 4) is 0 Å². The molecule has 11 atom stereocenters. The van der Waals surface area contributed by atoms with E-state index in [4.69, 9.17) is 16.3 Å². The first-order valence-electron chi connectivity index (χ1n) is 13.5. The van der Waals surface area contributed by atoms with Gasteiger partial charge in [-0.3, -0.25) is 25.6 Å². The van der Waals surface area contributed by atoms with Crippen LogP contribution < -0.4 is 26.7 Å². The Morgan fingerprint density at radius 2 is 1.89 bits per heavy atom. The van der Waals surface area contributed by atoms with Gasteiger partial charge in [-0.05, 0) is 31.6 Å². The van der Waals surface area contributed by atoms with Gasteiger partial charge in [-0.1, -0.05) is 0 Å². The second kappa shape index (κ2) is 12.0. The van der Waals surface area contributed by atoms with E-state index in [1.807, 2.05) is 0 Å². The summed E-state index contributed by atoms with van der Waals surface area (Å²) in [7, 11) is 3.27. The zero-order valence-electron chi connectivity index (χ0n) is 22.0. The number of ether oxygens (including phenoxy) is 1. The molecule has 5 fully saturated rings. The van der Waals surface area contributed by atoms with Crippen molar-refractivity contribution in [1.82, 2.24) is 36.6 Å². The summed E-state index contributed by atoms with van der Waals surface area (Å²) in [4.78, 5) is 28.3. The lowest BCUT2D eigenvalue weighted by molar-refractivity contribution is -0.137. The molecule has 5 aliphatic heterocycles. The molecular formula is C24H40ClF2N7O3S. The van der Waals surface area contributed by atoms with Gasteiger partial charge in [0.1, 0.15) is 5.50 Å². The molecule has 5 saturated heterocycles. The van der Waals surface area contributed by atoms with Gasteiger partial charge >= 0.3 is 0 Å². The number of halogens is 3. The number of thioether (sulfide) groups is 1. The van der Waals surface area contributed by atoms with E-state index < -0.39 is 18.4 Å². The lowest BCUT2D eigenvalue weighted by Crippen LogP contribution is -2.57. The van der Waals surface area contributed by atoms with Crippen LogP contribution in [0.1, 0.15) is 19.8 Å². The fourth-order valence-corrected chi connectivity index (χ4v) is 8.70. The Labute approximate surface area is 232 Å². The quantitative estimate of drug-likeness (QED) is 0.216. The molecule has 11 unspecified atom stereocenters. The number of hydrogen-bond acceptors (Lipinski definition) is 9. The first-order valence-corrected chi connectivity index (χ1v) is 14.9. The standard InChI is InChI=1S/C24H40ClF2N7O3S/c1-11-4-12(13-5-19(25)29-8-17(13)37-3)14(6-28-11)22(35)32-24-31-16-9-34(10-18(16)38-24)23(36)15-7-30-33(2)20(15)21(26)27/h11-21,24,28-31H,4-10H2,1-3H3,(H,32,35). The summed E-state index contributed by atoms with van der Waals surface area (Å²) in [6, 6.07) is -0.806. The van der Waals surface area contributed by atoms with Crippen molar-refractivity contribution in [3.05, 3.63) is 0 Å². The third kappa shape index (κ3) is 5.81. The molecular weight excluding hydrogens is 540 g/mol. The van der Waals surface area contributed by atoms with Gasteiger partial charge in [-0.2, -0.15) is 0 Å². The Hall–Kier alpha value is -0.800. The summed E-state index contributed by atoms with van der Waals surface area (Å²) in [5, 5.41) is 14.8. The van der Waals surface area contributed by atoms with E-state index >= 15 is 0 Å². The van der Waals surface area contributed by atoms with E-state index in [2.05, 4.69) is 33.6 Å². The molecule has 5 rings (SSSR count). The van der Waals surface area contributed by atoms with Crippen molar-refractivity contribution in [2.24, 2.45) is 23.7 Å². The first-order chi connectivity index (χ1) is 18.2. The van der Waals surface area contributed by atoms with Crippen molar-refractivity contribution in [2.45, 2.75) is 66.7 Å². The van der Waals surface area contributed by atoms with Crippen LogP contribution in [0.4, 0.5) is 8.78 Å². The predicted octanol–water partition coefficient (Wildman–Crippen LogP) is -0.194. The van der Waals surface area contributed by atoms with Crippen LogP contribution in [0.25, 0.3) is 0 Å². The van der Waals surface area contributed by atoms with Crippen molar-refractivity contribution < 1.29 is 23.1 Å². The molecule has 0 aromatic carbocycles. The van der Waals surface area contributed by atoms with Crippen LogP contribution >= 0.6 is 23.4 Å². The summed E-state index contributed by atoms with van der Waals surface area (Å²) in [6.07, 6.45) is -0.954. The highest BCUT2D eigenvalue weighted by Gasteiger charge is 2.50. The number of methoxy groups -OCH3 is 1. The molecule has 5 heterocycles. The number of carbonyl (C=O) groups is 2. The molecule has 0 bridgehead atoms. The molecule has 0 saturated carbocycles. The normalized spacial score (nSPS) is 44.0. The number of likely N-dealkylation sites (tertiary alicyclic amines) is 1. The lowest BCUT2D eigenvalue weighted by atomic mass is 9.70. The summed E-state index contributed by atoms with van der Waals surface area (Å²) >= 11 is 8.05. The van der Waals surface area contributed by atoms with Gasteiger partial charge in [0, 0.05) is 64.2 Å². The minimum absolute atomic E-state index is 0.00550. The van der Waals surface area contributed by atoms with Crippen LogP contribution in [0.5, 0.6) is 0 Å². The predicted molar refractivity (Wildman–Crippen MR) is 141 cm³/mol. The second-order valence-electron chi connectivity index (χ2n) is 11.3. The Bertz CT molecular complexity index is 867. The van der Waals surface area contributed by atoms with Crippen molar-refractivity contribution in [1.29, 1.82) is 0 Å². The van der Waals surface area contributed by atoms with Crippen LogP contribution in [0.15, 0.2) is 0 Å². The van der Waals surface area contributed by atoms with Crippen LogP contribution in [0.2, 0.25) is 0 Å². The number of amides is 2. The van der Waals surface area contributed by atoms with E-state index in [0.29, 0.717) is 32.2 Å². The molecule has 38 heavy (non-hydrogen) atoms. The van der Waals surface area contributed by atoms with Gasteiger partial charge in [-0.25, -0.2) is 13.8 Å². The van der Waals surface area contributed by atoms with Gasteiger partial charge in [0.25, 0.3) is 6.43 Å². The SMILES string of the molecule is COC1CNC(Cl)CC1C1CC(C)NCC1C(=O)NC1NC2CN(C(=O)C3CNN(C)C3C(F)F)CC2S1. The van der Waals surface area contributed by atoms with Crippen LogP contribution in [0, 0.1) is 23.7 Å². The first kappa shape index (κ1) is 28.7. The number of hydrazine groups is 1. The Balaban J connectivity index is 1.17. The summed E-state index contributed by atoms with van der Waals surface area (Å²) in [5.41, 5.74) is 2.48.